The maximum Gasteiger partial charge on any atom is 0.123 e. The highest BCUT2D eigenvalue weighted by Crippen LogP contribution is 2.36. The molecule has 3 heteroatoms. The number of rotatable bonds is 5. The fourth-order valence-electron chi connectivity index (χ4n) is 3.53. The van der Waals surface area contributed by atoms with Gasteiger partial charge < -0.3 is 10.2 Å². The van der Waals surface area contributed by atoms with E-state index >= 15 is 0 Å². The molecule has 2 rings (SSSR count). The van der Waals surface area contributed by atoms with Crippen molar-refractivity contribution in [2.75, 3.05) is 32.1 Å². The second-order valence-electron chi connectivity index (χ2n) is 6.28. The third-order valence-corrected chi connectivity index (χ3v) is 4.56. The lowest BCUT2D eigenvalue weighted by Gasteiger charge is -2.37. The fraction of sp³-hybridized carbons (Fsp3) is 0.647. The highest BCUT2D eigenvalue weighted by Gasteiger charge is 2.31. The molecule has 112 valence electrons. The Morgan fingerprint density at radius 1 is 1.10 bits per heavy atom. The summed E-state index contributed by atoms with van der Waals surface area (Å²) in [5, 5.41) is 3.39. The summed E-state index contributed by atoms with van der Waals surface area (Å²) in [6.07, 6.45) is 7.98. The van der Waals surface area contributed by atoms with Crippen LogP contribution in [0.2, 0.25) is 0 Å². The van der Waals surface area contributed by atoms with Gasteiger partial charge >= 0.3 is 0 Å². The lowest BCUT2D eigenvalue weighted by molar-refractivity contribution is 0.245. The van der Waals surface area contributed by atoms with Crippen LogP contribution in [0, 0.1) is 11.2 Å². The van der Waals surface area contributed by atoms with Crippen molar-refractivity contribution in [1.29, 1.82) is 0 Å². The molecule has 0 saturated heterocycles. The van der Waals surface area contributed by atoms with Gasteiger partial charge in [-0.1, -0.05) is 25.7 Å². The Hall–Kier alpha value is -1.09. The van der Waals surface area contributed by atoms with Gasteiger partial charge in [0.25, 0.3) is 0 Å². The molecular weight excluding hydrogens is 251 g/mol. The molecule has 20 heavy (non-hydrogen) atoms. The average Bonchev–Trinajstić information content (AvgIpc) is 2.66. The fourth-order valence-corrected chi connectivity index (χ4v) is 3.53. The van der Waals surface area contributed by atoms with Gasteiger partial charge in [0.1, 0.15) is 5.82 Å². The van der Waals surface area contributed by atoms with Crippen molar-refractivity contribution in [3.63, 3.8) is 0 Å². The van der Waals surface area contributed by atoms with Crippen molar-refractivity contribution in [3.8, 4) is 0 Å². The zero-order valence-corrected chi connectivity index (χ0v) is 12.8. The smallest absolute Gasteiger partial charge is 0.123 e. The van der Waals surface area contributed by atoms with E-state index in [-0.39, 0.29) is 5.82 Å². The number of nitrogens with zero attached hydrogens (tertiary/aromatic N) is 1. The van der Waals surface area contributed by atoms with Gasteiger partial charge in [0.05, 0.1) is 0 Å². The van der Waals surface area contributed by atoms with Crippen molar-refractivity contribution in [3.05, 3.63) is 30.1 Å². The molecule has 1 aliphatic rings. The molecule has 0 atom stereocenters. The van der Waals surface area contributed by atoms with Crippen molar-refractivity contribution in [1.82, 2.24) is 5.32 Å². The van der Waals surface area contributed by atoms with Crippen LogP contribution in [-0.4, -0.2) is 27.2 Å². The molecule has 0 radical (unpaired) electrons. The molecule has 1 fully saturated rings. The topological polar surface area (TPSA) is 15.3 Å². The van der Waals surface area contributed by atoms with E-state index in [0.717, 1.165) is 18.8 Å². The molecule has 1 aromatic rings. The van der Waals surface area contributed by atoms with E-state index in [9.17, 15) is 4.39 Å². The predicted octanol–water partition coefficient (Wildman–Crippen LogP) is 3.82. The number of hydrogen-bond acceptors (Lipinski definition) is 2. The van der Waals surface area contributed by atoms with Crippen LogP contribution in [0.15, 0.2) is 24.3 Å². The number of anilines is 1. The SMILES string of the molecule is CNCC1(CN(C)c2ccc(F)cc2)CCCCCC1. The van der Waals surface area contributed by atoms with Gasteiger partial charge in [-0.15, -0.1) is 0 Å². The summed E-state index contributed by atoms with van der Waals surface area (Å²) in [5.41, 5.74) is 1.46. The van der Waals surface area contributed by atoms with Crippen LogP contribution in [0.25, 0.3) is 0 Å². The van der Waals surface area contributed by atoms with E-state index in [1.807, 2.05) is 19.2 Å². The maximum atomic E-state index is 13.0. The Morgan fingerprint density at radius 3 is 2.25 bits per heavy atom. The molecule has 2 nitrogen and oxygen atoms in total. The minimum absolute atomic E-state index is 0.165. The lowest BCUT2D eigenvalue weighted by atomic mass is 9.79. The molecule has 0 amide bonds. The number of halogens is 1. The van der Waals surface area contributed by atoms with Crippen LogP contribution in [0.3, 0.4) is 0 Å². The molecule has 0 spiro atoms. The van der Waals surface area contributed by atoms with Crippen LogP contribution in [-0.2, 0) is 0 Å². The predicted molar refractivity (Wildman–Crippen MR) is 83.7 cm³/mol. The van der Waals surface area contributed by atoms with Crippen LogP contribution in [0.1, 0.15) is 38.5 Å². The quantitative estimate of drug-likeness (QED) is 0.824. The van der Waals surface area contributed by atoms with Gasteiger partial charge in [-0.2, -0.15) is 0 Å². The Morgan fingerprint density at radius 2 is 1.70 bits per heavy atom. The lowest BCUT2D eigenvalue weighted by Crippen LogP contribution is -2.42. The van der Waals surface area contributed by atoms with Crippen LogP contribution < -0.4 is 10.2 Å². The first-order valence-corrected chi connectivity index (χ1v) is 7.77. The summed E-state index contributed by atoms with van der Waals surface area (Å²) >= 11 is 0. The van der Waals surface area contributed by atoms with Crippen LogP contribution in [0.5, 0.6) is 0 Å². The van der Waals surface area contributed by atoms with E-state index in [4.69, 9.17) is 0 Å². The monoisotopic (exact) mass is 278 g/mol. The number of benzene rings is 1. The third-order valence-electron chi connectivity index (χ3n) is 4.56. The molecule has 1 aromatic carbocycles. The van der Waals surface area contributed by atoms with Gasteiger partial charge in [0, 0.05) is 31.2 Å². The summed E-state index contributed by atoms with van der Waals surface area (Å²) in [7, 11) is 4.17. The Bertz CT molecular complexity index is 394. The van der Waals surface area contributed by atoms with E-state index in [1.54, 1.807) is 12.1 Å². The molecule has 0 aromatic heterocycles. The zero-order chi connectivity index (χ0) is 14.4. The summed E-state index contributed by atoms with van der Waals surface area (Å²) < 4.78 is 13.0. The summed E-state index contributed by atoms with van der Waals surface area (Å²) in [4.78, 5) is 2.28. The third kappa shape index (κ3) is 3.95. The van der Waals surface area contributed by atoms with E-state index in [2.05, 4.69) is 17.3 Å². The zero-order valence-electron chi connectivity index (χ0n) is 12.8. The largest absolute Gasteiger partial charge is 0.374 e. The highest BCUT2D eigenvalue weighted by molar-refractivity contribution is 5.45. The molecular formula is C17H27FN2. The van der Waals surface area contributed by atoms with E-state index < -0.39 is 0 Å². The standard InChI is InChI=1S/C17H27FN2/c1-19-13-17(11-5-3-4-6-12-17)14-20(2)16-9-7-15(18)8-10-16/h7-10,19H,3-6,11-14H2,1-2H3. The molecule has 1 saturated carbocycles. The molecule has 0 aliphatic heterocycles. The summed E-state index contributed by atoms with van der Waals surface area (Å²) in [6.45, 7) is 2.11. The minimum Gasteiger partial charge on any atom is -0.374 e. The van der Waals surface area contributed by atoms with Crippen molar-refractivity contribution < 1.29 is 4.39 Å². The molecule has 0 bridgehead atoms. The average molecular weight is 278 g/mol. The first kappa shape index (κ1) is 15.3. The molecule has 1 aliphatic carbocycles. The van der Waals surface area contributed by atoms with Crippen LogP contribution >= 0.6 is 0 Å². The Balaban J connectivity index is 2.08. The second kappa shape index (κ2) is 7.07. The minimum atomic E-state index is -0.165. The summed E-state index contributed by atoms with van der Waals surface area (Å²) in [5.74, 6) is -0.165. The van der Waals surface area contributed by atoms with Gasteiger partial charge in [-0.3, -0.25) is 0 Å². The van der Waals surface area contributed by atoms with Gasteiger partial charge in [-0.05, 0) is 44.2 Å². The molecule has 0 heterocycles. The normalized spacial score (nSPS) is 18.6. The molecule has 1 N–H and O–H groups in total. The molecule has 0 unspecified atom stereocenters. The number of nitrogens with one attached hydrogen (secondary N) is 1. The summed E-state index contributed by atoms with van der Waals surface area (Å²) in [6, 6.07) is 6.84. The Labute approximate surface area is 122 Å². The van der Waals surface area contributed by atoms with E-state index in [0.29, 0.717) is 5.41 Å². The van der Waals surface area contributed by atoms with Gasteiger partial charge in [0.2, 0.25) is 0 Å². The van der Waals surface area contributed by atoms with Crippen molar-refractivity contribution in [2.24, 2.45) is 5.41 Å². The highest BCUT2D eigenvalue weighted by atomic mass is 19.1. The van der Waals surface area contributed by atoms with Crippen LogP contribution in [0.4, 0.5) is 10.1 Å². The van der Waals surface area contributed by atoms with E-state index in [1.165, 1.54) is 38.5 Å². The second-order valence-corrected chi connectivity index (χ2v) is 6.28. The first-order chi connectivity index (χ1) is 9.65. The maximum absolute atomic E-state index is 13.0. The van der Waals surface area contributed by atoms with Crippen molar-refractivity contribution in [2.45, 2.75) is 38.5 Å². The Kier molecular flexibility index (Phi) is 5.41. The van der Waals surface area contributed by atoms with Crippen molar-refractivity contribution >= 4 is 5.69 Å². The van der Waals surface area contributed by atoms with Gasteiger partial charge in [0.15, 0.2) is 0 Å². The number of hydrogen-bond donors (Lipinski definition) is 1. The first-order valence-electron chi connectivity index (χ1n) is 7.77. The van der Waals surface area contributed by atoms with Gasteiger partial charge in [-0.25, -0.2) is 4.39 Å².